The highest BCUT2D eigenvalue weighted by molar-refractivity contribution is 7.11. The van der Waals surface area contributed by atoms with Crippen LogP contribution < -0.4 is 5.32 Å². The molecule has 90 valence electrons. The monoisotopic (exact) mass is 254 g/mol. The van der Waals surface area contributed by atoms with E-state index in [2.05, 4.69) is 53.6 Å². The summed E-state index contributed by atoms with van der Waals surface area (Å²) in [6, 6.07) is 14.7. The minimum atomic E-state index is 0.879. The molecule has 0 saturated carbocycles. The number of anilines is 1. The Labute approximate surface area is 110 Å². The molecule has 2 nitrogen and oxygen atoms in total. The largest absolute Gasteiger partial charge is 0.380 e. The molecule has 3 rings (SSSR count). The van der Waals surface area contributed by atoms with Crippen molar-refractivity contribution in [1.82, 2.24) is 4.98 Å². The van der Waals surface area contributed by atoms with Crippen molar-refractivity contribution in [3.8, 4) is 0 Å². The minimum Gasteiger partial charge on any atom is -0.380 e. The van der Waals surface area contributed by atoms with Crippen LogP contribution in [-0.4, -0.2) is 4.98 Å². The van der Waals surface area contributed by atoms with E-state index in [0.717, 1.165) is 17.7 Å². The quantitative estimate of drug-likeness (QED) is 0.757. The molecule has 2 heterocycles. The summed E-state index contributed by atoms with van der Waals surface area (Å²) in [4.78, 5) is 7.03. The van der Waals surface area contributed by atoms with Crippen molar-refractivity contribution >= 4 is 27.9 Å². The van der Waals surface area contributed by atoms with E-state index in [4.69, 9.17) is 0 Å². The number of fused-ring (bicyclic) bond motifs is 1. The van der Waals surface area contributed by atoms with Crippen molar-refractivity contribution in [3.05, 3.63) is 58.4 Å². The van der Waals surface area contributed by atoms with Crippen LogP contribution >= 0.6 is 11.3 Å². The minimum absolute atomic E-state index is 0.879. The van der Waals surface area contributed by atoms with Crippen LogP contribution in [0.4, 0.5) is 5.69 Å². The molecule has 0 aliphatic heterocycles. The van der Waals surface area contributed by atoms with Crippen LogP contribution in [0.2, 0.25) is 0 Å². The molecule has 0 aliphatic carbocycles. The number of hydrogen-bond acceptors (Lipinski definition) is 3. The number of aromatic nitrogens is 1. The average molecular weight is 254 g/mol. The fourth-order valence-corrected chi connectivity index (χ4v) is 2.78. The molecule has 18 heavy (non-hydrogen) atoms. The standard InChI is InChI=1S/C15H14N2S/c1-11-4-6-14(18-11)10-17-13-5-7-15-12(9-13)3-2-8-16-15/h2-9,17H,10H2,1H3. The van der Waals surface area contributed by atoms with Gasteiger partial charge in [-0.05, 0) is 43.3 Å². The summed E-state index contributed by atoms with van der Waals surface area (Å²) < 4.78 is 0. The zero-order chi connectivity index (χ0) is 12.4. The number of pyridine rings is 1. The molecule has 0 fully saturated rings. The highest BCUT2D eigenvalue weighted by Gasteiger charge is 1.99. The molecule has 0 aliphatic rings. The van der Waals surface area contributed by atoms with Crippen LogP contribution in [0.15, 0.2) is 48.7 Å². The molecule has 3 heteroatoms. The predicted molar refractivity (Wildman–Crippen MR) is 78.1 cm³/mol. The first-order valence-electron chi connectivity index (χ1n) is 5.95. The van der Waals surface area contributed by atoms with Gasteiger partial charge in [0.25, 0.3) is 0 Å². The van der Waals surface area contributed by atoms with Gasteiger partial charge in [-0.15, -0.1) is 11.3 Å². The van der Waals surface area contributed by atoms with Gasteiger partial charge in [0.1, 0.15) is 0 Å². The van der Waals surface area contributed by atoms with E-state index in [1.54, 1.807) is 0 Å². The molecular formula is C15H14N2S. The van der Waals surface area contributed by atoms with Gasteiger partial charge in [-0.1, -0.05) is 6.07 Å². The third kappa shape index (κ3) is 2.36. The van der Waals surface area contributed by atoms with E-state index in [1.807, 2.05) is 23.6 Å². The van der Waals surface area contributed by atoms with Crippen molar-refractivity contribution in [2.75, 3.05) is 5.32 Å². The lowest BCUT2D eigenvalue weighted by molar-refractivity contribution is 1.19. The Morgan fingerprint density at radius 2 is 2.11 bits per heavy atom. The normalized spacial score (nSPS) is 10.7. The highest BCUT2D eigenvalue weighted by Crippen LogP contribution is 2.20. The van der Waals surface area contributed by atoms with Gasteiger partial charge in [-0.25, -0.2) is 0 Å². The number of aryl methyl sites for hydroxylation is 1. The number of thiophene rings is 1. The second kappa shape index (κ2) is 4.78. The molecule has 0 bridgehead atoms. The first-order valence-corrected chi connectivity index (χ1v) is 6.77. The molecule has 3 aromatic rings. The first kappa shape index (κ1) is 11.2. The Morgan fingerprint density at radius 1 is 1.17 bits per heavy atom. The molecule has 0 amide bonds. The number of nitrogens with zero attached hydrogens (tertiary/aromatic N) is 1. The van der Waals surface area contributed by atoms with E-state index >= 15 is 0 Å². The maximum Gasteiger partial charge on any atom is 0.0703 e. The van der Waals surface area contributed by atoms with Crippen LogP contribution in [0.3, 0.4) is 0 Å². The van der Waals surface area contributed by atoms with Gasteiger partial charge in [-0.2, -0.15) is 0 Å². The Balaban J connectivity index is 1.78. The van der Waals surface area contributed by atoms with Crippen LogP contribution in [0.1, 0.15) is 9.75 Å². The molecular weight excluding hydrogens is 240 g/mol. The van der Waals surface area contributed by atoms with E-state index < -0.39 is 0 Å². The van der Waals surface area contributed by atoms with Gasteiger partial charge in [0.05, 0.1) is 5.52 Å². The molecule has 1 N–H and O–H groups in total. The molecule has 0 saturated heterocycles. The van der Waals surface area contributed by atoms with E-state index in [1.165, 1.54) is 15.1 Å². The van der Waals surface area contributed by atoms with Crippen molar-refractivity contribution in [2.24, 2.45) is 0 Å². The highest BCUT2D eigenvalue weighted by atomic mass is 32.1. The summed E-state index contributed by atoms with van der Waals surface area (Å²) in [5, 5.41) is 4.62. The van der Waals surface area contributed by atoms with E-state index in [9.17, 15) is 0 Å². The lowest BCUT2D eigenvalue weighted by Gasteiger charge is -2.05. The van der Waals surface area contributed by atoms with Crippen LogP contribution in [0, 0.1) is 6.92 Å². The van der Waals surface area contributed by atoms with Gasteiger partial charge in [0, 0.05) is 33.6 Å². The molecule has 0 spiro atoms. The van der Waals surface area contributed by atoms with Crippen molar-refractivity contribution in [1.29, 1.82) is 0 Å². The third-order valence-electron chi connectivity index (χ3n) is 2.87. The Hall–Kier alpha value is -1.87. The van der Waals surface area contributed by atoms with Crippen LogP contribution in [-0.2, 0) is 6.54 Å². The summed E-state index contributed by atoms with van der Waals surface area (Å²) in [6.07, 6.45) is 1.82. The summed E-state index contributed by atoms with van der Waals surface area (Å²) in [7, 11) is 0. The maximum atomic E-state index is 4.32. The molecule has 1 aromatic carbocycles. The second-order valence-electron chi connectivity index (χ2n) is 4.28. The van der Waals surface area contributed by atoms with Gasteiger partial charge in [-0.3, -0.25) is 4.98 Å². The fourth-order valence-electron chi connectivity index (χ4n) is 1.95. The topological polar surface area (TPSA) is 24.9 Å². The molecule has 0 radical (unpaired) electrons. The Morgan fingerprint density at radius 3 is 2.94 bits per heavy atom. The maximum absolute atomic E-state index is 4.32. The lowest BCUT2D eigenvalue weighted by atomic mass is 10.2. The van der Waals surface area contributed by atoms with Crippen LogP contribution in [0.5, 0.6) is 0 Å². The van der Waals surface area contributed by atoms with Crippen molar-refractivity contribution in [2.45, 2.75) is 13.5 Å². The molecule has 0 atom stereocenters. The number of rotatable bonds is 3. The summed E-state index contributed by atoms with van der Waals surface area (Å²) in [5.74, 6) is 0. The average Bonchev–Trinajstić information content (AvgIpc) is 2.82. The fraction of sp³-hybridized carbons (Fsp3) is 0.133. The SMILES string of the molecule is Cc1ccc(CNc2ccc3ncccc3c2)s1. The third-order valence-corrected chi connectivity index (χ3v) is 3.87. The summed E-state index contributed by atoms with van der Waals surface area (Å²) in [5.41, 5.74) is 2.18. The predicted octanol–water partition coefficient (Wildman–Crippen LogP) is 4.22. The van der Waals surface area contributed by atoms with Crippen molar-refractivity contribution < 1.29 is 0 Å². The number of hydrogen-bond donors (Lipinski definition) is 1. The van der Waals surface area contributed by atoms with Crippen molar-refractivity contribution in [3.63, 3.8) is 0 Å². The van der Waals surface area contributed by atoms with Gasteiger partial charge >= 0.3 is 0 Å². The van der Waals surface area contributed by atoms with E-state index in [-0.39, 0.29) is 0 Å². The first-order chi connectivity index (χ1) is 8.81. The number of nitrogens with one attached hydrogen (secondary N) is 1. The van der Waals surface area contributed by atoms with Crippen LogP contribution in [0.25, 0.3) is 10.9 Å². The second-order valence-corrected chi connectivity index (χ2v) is 5.65. The summed E-state index contributed by atoms with van der Waals surface area (Å²) >= 11 is 1.84. The number of benzene rings is 1. The van der Waals surface area contributed by atoms with Gasteiger partial charge in [0.2, 0.25) is 0 Å². The summed E-state index contributed by atoms with van der Waals surface area (Å²) in [6.45, 7) is 3.01. The van der Waals surface area contributed by atoms with Gasteiger partial charge in [0.15, 0.2) is 0 Å². The Bertz CT molecular complexity index is 673. The zero-order valence-corrected chi connectivity index (χ0v) is 11.0. The molecule has 2 aromatic heterocycles. The van der Waals surface area contributed by atoms with E-state index in [0.29, 0.717) is 0 Å². The molecule has 0 unspecified atom stereocenters. The lowest BCUT2D eigenvalue weighted by Crippen LogP contribution is -1.97. The van der Waals surface area contributed by atoms with Gasteiger partial charge < -0.3 is 5.32 Å². The Kier molecular flexibility index (Phi) is 2.99. The smallest absolute Gasteiger partial charge is 0.0703 e. The zero-order valence-electron chi connectivity index (χ0n) is 10.2.